The number of benzene rings is 1. The molecule has 3 heterocycles. The molecule has 3 aromatic heterocycles. The molecule has 30 heavy (non-hydrogen) atoms. The molecule has 0 bridgehead atoms. The molecule has 7 heteroatoms. The second kappa shape index (κ2) is 8.47. The van der Waals surface area contributed by atoms with E-state index in [2.05, 4.69) is 0 Å². The van der Waals surface area contributed by atoms with Crippen LogP contribution in [0.4, 0.5) is 5.69 Å². The van der Waals surface area contributed by atoms with Crippen LogP contribution in [0.15, 0.2) is 73.1 Å². The molecule has 152 valence electrons. The Balaban J connectivity index is 0.00000256. The van der Waals surface area contributed by atoms with Crippen molar-refractivity contribution in [2.24, 2.45) is 0 Å². The smallest absolute Gasteiger partial charge is 0.270 e. The Morgan fingerprint density at radius 3 is 2.60 bits per heavy atom. The summed E-state index contributed by atoms with van der Waals surface area (Å²) in [7, 11) is 0. The van der Waals surface area contributed by atoms with E-state index in [0.717, 1.165) is 16.8 Å². The summed E-state index contributed by atoms with van der Waals surface area (Å²) in [5, 5.41) is 11.2. The van der Waals surface area contributed by atoms with Crippen molar-refractivity contribution in [2.75, 3.05) is 0 Å². The number of nitro benzene ring substituents is 1. The number of hydrogen-bond donors (Lipinski definition) is 0. The van der Waals surface area contributed by atoms with Crippen LogP contribution >= 0.6 is 0 Å². The third kappa shape index (κ3) is 3.82. The Morgan fingerprint density at radius 2 is 1.87 bits per heavy atom. The first kappa shape index (κ1) is 21.2. The number of halogens is 1. The molecule has 0 unspecified atom stereocenters. The van der Waals surface area contributed by atoms with Crippen LogP contribution in [0.25, 0.3) is 16.6 Å². The molecule has 0 aliphatic carbocycles. The Bertz CT molecular complexity index is 1260. The van der Waals surface area contributed by atoms with Crippen molar-refractivity contribution in [1.29, 1.82) is 0 Å². The maximum absolute atomic E-state index is 13.4. The highest BCUT2D eigenvalue weighted by molar-refractivity contribution is 6.02. The lowest BCUT2D eigenvalue weighted by Crippen LogP contribution is -3.00. The molecule has 0 N–H and O–H groups in total. The van der Waals surface area contributed by atoms with E-state index in [1.54, 1.807) is 12.1 Å². The van der Waals surface area contributed by atoms with Crippen LogP contribution in [-0.4, -0.2) is 15.1 Å². The molecular weight excluding hydrogens is 402 g/mol. The predicted molar refractivity (Wildman–Crippen MR) is 110 cm³/mol. The molecule has 0 atom stereocenters. The first-order chi connectivity index (χ1) is 14.0. The fraction of sp³-hybridized carbons (Fsp3) is 0.130. The summed E-state index contributed by atoms with van der Waals surface area (Å²) in [6, 6.07) is 18.0. The van der Waals surface area contributed by atoms with Gasteiger partial charge in [0.25, 0.3) is 5.69 Å². The molecule has 6 nitrogen and oxygen atoms in total. The highest BCUT2D eigenvalue weighted by Crippen LogP contribution is 2.31. The van der Waals surface area contributed by atoms with Gasteiger partial charge in [-0.1, -0.05) is 24.3 Å². The van der Waals surface area contributed by atoms with E-state index in [0.29, 0.717) is 16.8 Å². The molecule has 4 rings (SSSR count). The number of fused-ring (bicyclic) bond motifs is 1. The van der Waals surface area contributed by atoms with Gasteiger partial charge in [-0.25, -0.2) is 0 Å². The lowest BCUT2D eigenvalue weighted by Gasteiger charge is -2.06. The van der Waals surface area contributed by atoms with Gasteiger partial charge in [-0.05, 0) is 30.2 Å². The van der Waals surface area contributed by atoms with Gasteiger partial charge in [-0.2, -0.15) is 4.57 Å². The van der Waals surface area contributed by atoms with Crippen molar-refractivity contribution in [3.05, 3.63) is 100 Å². The van der Waals surface area contributed by atoms with E-state index < -0.39 is 4.92 Å². The van der Waals surface area contributed by atoms with Gasteiger partial charge in [0.1, 0.15) is 5.69 Å². The quantitative estimate of drug-likeness (QED) is 0.211. The third-order valence-electron chi connectivity index (χ3n) is 5.14. The molecule has 0 amide bonds. The van der Waals surface area contributed by atoms with E-state index in [1.807, 2.05) is 71.6 Å². The fourth-order valence-corrected chi connectivity index (χ4v) is 3.60. The van der Waals surface area contributed by atoms with Crippen molar-refractivity contribution >= 4 is 17.0 Å². The van der Waals surface area contributed by atoms with Gasteiger partial charge in [0, 0.05) is 48.5 Å². The van der Waals surface area contributed by atoms with Crippen LogP contribution < -0.4 is 17.0 Å². The second-order valence-electron chi connectivity index (χ2n) is 7.05. The number of rotatable bonds is 5. The number of Topliss-reactive ketones (excluding diaryl/α,β-unsaturated/α-hetero) is 1. The van der Waals surface area contributed by atoms with Gasteiger partial charge in [0.15, 0.2) is 11.9 Å². The van der Waals surface area contributed by atoms with Crippen LogP contribution in [0, 0.1) is 24.0 Å². The summed E-state index contributed by atoms with van der Waals surface area (Å²) in [5.41, 5.74) is 4.80. The number of pyridine rings is 2. The normalized spacial score (nSPS) is 10.6. The molecule has 0 fully saturated rings. The van der Waals surface area contributed by atoms with E-state index in [4.69, 9.17) is 0 Å². The maximum atomic E-state index is 13.4. The molecule has 0 saturated heterocycles. The number of ketones is 1. The SMILES string of the molecule is Cc1cccn2c(C(=O)C[n+]3ccccc3C)c(-c3cccc([N+](=O)[O-])c3)cc12.[Cl-]. The third-order valence-corrected chi connectivity index (χ3v) is 5.14. The van der Waals surface area contributed by atoms with Crippen LogP contribution in [-0.2, 0) is 6.54 Å². The lowest BCUT2D eigenvalue weighted by atomic mass is 10.0. The predicted octanol–water partition coefficient (Wildman–Crippen LogP) is 1.31. The van der Waals surface area contributed by atoms with Crippen LogP contribution in [0.5, 0.6) is 0 Å². The zero-order valence-electron chi connectivity index (χ0n) is 16.6. The number of aryl methyl sites for hydroxylation is 2. The maximum Gasteiger partial charge on any atom is 0.270 e. The van der Waals surface area contributed by atoms with E-state index in [-0.39, 0.29) is 30.4 Å². The molecule has 0 spiro atoms. The Hall–Kier alpha value is -3.51. The average molecular weight is 422 g/mol. The molecule has 0 radical (unpaired) electrons. The number of carbonyl (C=O) groups is 1. The zero-order chi connectivity index (χ0) is 20.5. The molecule has 0 aliphatic heterocycles. The van der Waals surface area contributed by atoms with E-state index in [1.165, 1.54) is 12.1 Å². The largest absolute Gasteiger partial charge is 1.00 e. The zero-order valence-corrected chi connectivity index (χ0v) is 17.3. The van der Waals surface area contributed by atoms with Gasteiger partial charge in [-0.3, -0.25) is 14.9 Å². The molecular formula is C23H20ClN3O3. The standard InChI is InChI=1S/C23H20N3O3.ClH/c1-16-7-6-12-25-21(16)14-20(18-9-5-10-19(13-18)26(28)29)23(25)22(27)15-24-11-4-3-8-17(24)2;/h3-14H,15H2,1-2H3;1H/q+1;/p-1. The van der Waals surface area contributed by atoms with Gasteiger partial charge >= 0.3 is 0 Å². The first-order valence-corrected chi connectivity index (χ1v) is 9.29. The number of hydrogen-bond acceptors (Lipinski definition) is 3. The monoisotopic (exact) mass is 421 g/mol. The van der Waals surface area contributed by atoms with E-state index >= 15 is 0 Å². The minimum absolute atomic E-state index is 0. The average Bonchev–Trinajstić information content (AvgIpc) is 3.11. The minimum atomic E-state index is -0.421. The molecule has 4 aromatic rings. The summed E-state index contributed by atoms with van der Waals surface area (Å²) in [6.07, 6.45) is 3.74. The lowest BCUT2D eigenvalue weighted by molar-refractivity contribution is -0.689. The second-order valence-corrected chi connectivity index (χ2v) is 7.05. The minimum Gasteiger partial charge on any atom is -1.00 e. The van der Waals surface area contributed by atoms with Crippen LogP contribution in [0.2, 0.25) is 0 Å². The molecule has 0 aliphatic rings. The van der Waals surface area contributed by atoms with Crippen molar-refractivity contribution in [3.8, 4) is 11.1 Å². The van der Waals surface area contributed by atoms with Crippen molar-refractivity contribution in [3.63, 3.8) is 0 Å². The van der Waals surface area contributed by atoms with Crippen molar-refractivity contribution in [2.45, 2.75) is 20.4 Å². The van der Waals surface area contributed by atoms with Crippen LogP contribution in [0.3, 0.4) is 0 Å². The first-order valence-electron chi connectivity index (χ1n) is 9.29. The Kier molecular flexibility index (Phi) is 5.99. The summed E-state index contributed by atoms with van der Waals surface area (Å²) in [6.45, 7) is 4.13. The highest BCUT2D eigenvalue weighted by Gasteiger charge is 2.24. The number of nitrogens with zero attached hydrogens (tertiary/aromatic N) is 3. The number of non-ortho nitro benzene ring substituents is 1. The fourth-order valence-electron chi connectivity index (χ4n) is 3.60. The van der Waals surface area contributed by atoms with Crippen molar-refractivity contribution < 1.29 is 26.7 Å². The number of aromatic nitrogens is 2. The summed E-state index contributed by atoms with van der Waals surface area (Å²) < 4.78 is 3.78. The van der Waals surface area contributed by atoms with Gasteiger partial charge in [0.2, 0.25) is 12.3 Å². The Morgan fingerprint density at radius 1 is 1.07 bits per heavy atom. The number of nitro groups is 1. The van der Waals surface area contributed by atoms with Gasteiger partial charge in [-0.15, -0.1) is 0 Å². The molecule has 1 aromatic carbocycles. The van der Waals surface area contributed by atoms with Gasteiger partial charge in [0.05, 0.1) is 4.92 Å². The topological polar surface area (TPSA) is 68.5 Å². The summed E-state index contributed by atoms with van der Waals surface area (Å²) in [4.78, 5) is 24.2. The van der Waals surface area contributed by atoms with Crippen LogP contribution in [0.1, 0.15) is 21.7 Å². The van der Waals surface area contributed by atoms with E-state index in [9.17, 15) is 14.9 Å². The highest BCUT2D eigenvalue weighted by atomic mass is 35.5. The van der Waals surface area contributed by atoms with Gasteiger partial charge < -0.3 is 16.8 Å². The Labute approximate surface area is 180 Å². The van der Waals surface area contributed by atoms with Crippen molar-refractivity contribution in [1.82, 2.24) is 4.40 Å². The number of carbonyl (C=O) groups excluding carboxylic acids is 1. The summed E-state index contributed by atoms with van der Waals surface area (Å²) in [5.74, 6) is -0.0589. The molecule has 0 saturated carbocycles. The summed E-state index contributed by atoms with van der Waals surface area (Å²) >= 11 is 0.